The highest BCUT2D eigenvalue weighted by Gasteiger charge is 2.17. The van der Waals surface area contributed by atoms with E-state index in [1.165, 1.54) is 33.2 Å². The third-order valence-electron chi connectivity index (χ3n) is 10.7. The van der Waals surface area contributed by atoms with Gasteiger partial charge in [0.2, 0.25) is 0 Å². The fourth-order valence-corrected chi connectivity index (χ4v) is 7.85. The predicted octanol–water partition coefficient (Wildman–Crippen LogP) is 13.4. The van der Waals surface area contributed by atoms with Gasteiger partial charge in [-0.25, -0.2) is 15.0 Å². The average Bonchev–Trinajstić information content (AvgIpc) is 3.66. The summed E-state index contributed by atoms with van der Waals surface area (Å²) in [6.07, 6.45) is 7.91. The fourth-order valence-electron chi connectivity index (χ4n) is 7.85. The Morgan fingerprint density at radius 1 is 0.500 bits per heavy atom. The van der Waals surface area contributed by atoms with Crippen LogP contribution in [0.4, 0.5) is 0 Å². The zero-order valence-electron chi connectivity index (χ0n) is 31.0. The normalized spacial score (nSPS) is 13.9. The van der Waals surface area contributed by atoms with Gasteiger partial charge in [-0.2, -0.15) is 0 Å². The lowest BCUT2D eigenvalue weighted by Crippen LogP contribution is -2.03. The van der Waals surface area contributed by atoms with E-state index in [1.54, 1.807) is 0 Å². The number of nitrogens with zero attached hydrogens (tertiary/aromatic N) is 4. The maximum Gasteiger partial charge on any atom is 0.160 e. The van der Waals surface area contributed by atoms with E-state index in [0.29, 0.717) is 11.7 Å². The smallest absolute Gasteiger partial charge is 0.160 e. The van der Waals surface area contributed by atoms with Gasteiger partial charge in [-0.1, -0.05) is 171 Å². The Bertz CT molecular complexity index is 2860. The maximum absolute atomic E-state index is 5.11. The van der Waals surface area contributed by atoms with Crippen LogP contribution in [-0.2, 0) is 0 Å². The van der Waals surface area contributed by atoms with Crippen LogP contribution in [0.3, 0.4) is 0 Å². The van der Waals surface area contributed by atoms with Crippen LogP contribution in [-0.4, -0.2) is 19.5 Å². The number of benzene rings is 7. The van der Waals surface area contributed by atoms with Crippen molar-refractivity contribution in [2.24, 2.45) is 5.92 Å². The molecular formula is C52H38N4. The zero-order chi connectivity index (χ0) is 37.4. The zero-order valence-corrected chi connectivity index (χ0v) is 31.0. The number of hydrogen-bond donors (Lipinski definition) is 0. The van der Waals surface area contributed by atoms with Crippen LogP contribution in [0.5, 0.6) is 0 Å². The molecule has 2 heterocycles. The minimum absolute atomic E-state index is 0.488. The lowest BCUT2D eigenvalue weighted by molar-refractivity contribution is 0.734. The summed E-state index contributed by atoms with van der Waals surface area (Å²) in [6, 6.07) is 62.0. The largest absolute Gasteiger partial charge is 0.293 e. The summed E-state index contributed by atoms with van der Waals surface area (Å²) in [4.78, 5) is 15.1. The molecule has 0 amide bonds. The number of para-hydroxylation sites is 2. The maximum atomic E-state index is 5.11. The monoisotopic (exact) mass is 718 g/mol. The number of rotatable bonds is 7. The molecule has 266 valence electrons. The van der Waals surface area contributed by atoms with E-state index in [1.807, 2.05) is 36.4 Å². The van der Waals surface area contributed by atoms with Gasteiger partial charge in [0.05, 0.1) is 22.4 Å². The Balaban J connectivity index is 0.987. The van der Waals surface area contributed by atoms with Crippen molar-refractivity contribution in [2.75, 3.05) is 0 Å². The SMILES string of the molecule is CC1C=C(n2c(-c3ccc(-c4ccc5cccc(-c6ccc(-c7cc(-c8ccccc8)nc(-c8ccccc8)n7)cc6)c5c4)cc3)nc3ccccc32)C=CC1. The number of aromatic nitrogens is 4. The topological polar surface area (TPSA) is 43.6 Å². The molecule has 1 aliphatic rings. The fraction of sp³-hybridized carbons (Fsp3) is 0.0577. The Morgan fingerprint density at radius 2 is 1.12 bits per heavy atom. The molecule has 7 aromatic carbocycles. The molecule has 0 spiro atoms. The predicted molar refractivity (Wildman–Crippen MR) is 233 cm³/mol. The molecule has 0 bridgehead atoms. The lowest BCUT2D eigenvalue weighted by Gasteiger charge is -2.16. The third kappa shape index (κ3) is 6.31. The van der Waals surface area contributed by atoms with Crippen LogP contribution < -0.4 is 0 Å². The third-order valence-corrected chi connectivity index (χ3v) is 10.7. The molecule has 0 saturated heterocycles. The molecule has 0 radical (unpaired) electrons. The van der Waals surface area contributed by atoms with Crippen LogP contribution in [0.1, 0.15) is 13.3 Å². The molecule has 1 aliphatic carbocycles. The van der Waals surface area contributed by atoms with Crippen LogP contribution in [0, 0.1) is 5.92 Å². The van der Waals surface area contributed by atoms with Gasteiger partial charge in [0, 0.05) is 28.0 Å². The first-order chi connectivity index (χ1) is 27.6. The molecule has 0 saturated carbocycles. The Kier molecular flexibility index (Phi) is 8.49. The summed E-state index contributed by atoms with van der Waals surface area (Å²) < 4.78 is 2.30. The van der Waals surface area contributed by atoms with Gasteiger partial charge in [0.1, 0.15) is 5.82 Å². The van der Waals surface area contributed by atoms with Gasteiger partial charge in [-0.3, -0.25) is 4.57 Å². The summed E-state index contributed by atoms with van der Waals surface area (Å²) in [5.74, 6) is 2.16. The van der Waals surface area contributed by atoms with Crippen molar-refractivity contribution in [3.05, 3.63) is 194 Å². The van der Waals surface area contributed by atoms with Crippen LogP contribution in [0.15, 0.2) is 194 Å². The number of fused-ring (bicyclic) bond motifs is 2. The Hall–Kier alpha value is -7.17. The number of hydrogen-bond acceptors (Lipinski definition) is 3. The van der Waals surface area contributed by atoms with E-state index < -0.39 is 0 Å². The van der Waals surface area contributed by atoms with Gasteiger partial charge in [0.25, 0.3) is 0 Å². The van der Waals surface area contributed by atoms with Crippen molar-refractivity contribution in [1.29, 1.82) is 0 Å². The molecule has 10 rings (SSSR count). The van der Waals surface area contributed by atoms with Gasteiger partial charge in [-0.05, 0) is 75.7 Å². The van der Waals surface area contributed by atoms with Crippen molar-refractivity contribution in [1.82, 2.24) is 19.5 Å². The van der Waals surface area contributed by atoms with Crippen LogP contribution in [0.2, 0.25) is 0 Å². The minimum Gasteiger partial charge on any atom is -0.293 e. The minimum atomic E-state index is 0.488. The summed E-state index contributed by atoms with van der Waals surface area (Å²) in [5.41, 5.74) is 14.0. The molecule has 0 N–H and O–H groups in total. The molecule has 56 heavy (non-hydrogen) atoms. The molecule has 9 aromatic rings. The average molecular weight is 719 g/mol. The van der Waals surface area contributed by atoms with E-state index in [-0.39, 0.29) is 0 Å². The number of imidazole rings is 1. The second-order valence-corrected chi connectivity index (χ2v) is 14.6. The Morgan fingerprint density at radius 3 is 1.88 bits per heavy atom. The van der Waals surface area contributed by atoms with E-state index >= 15 is 0 Å². The highest BCUT2D eigenvalue weighted by atomic mass is 15.1. The molecular weight excluding hydrogens is 681 g/mol. The highest BCUT2D eigenvalue weighted by molar-refractivity contribution is 5.99. The summed E-state index contributed by atoms with van der Waals surface area (Å²) in [6.45, 7) is 2.27. The summed E-state index contributed by atoms with van der Waals surface area (Å²) in [5, 5.41) is 2.42. The van der Waals surface area contributed by atoms with E-state index in [2.05, 4.69) is 169 Å². The van der Waals surface area contributed by atoms with Crippen molar-refractivity contribution < 1.29 is 0 Å². The Labute approximate surface area is 326 Å². The van der Waals surface area contributed by atoms with Crippen molar-refractivity contribution in [3.63, 3.8) is 0 Å². The van der Waals surface area contributed by atoms with Crippen LogP contribution >= 0.6 is 0 Å². The molecule has 0 fully saturated rings. The second-order valence-electron chi connectivity index (χ2n) is 14.6. The summed E-state index contributed by atoms with van der Waals surface area (Å²) in [7, 11) is 0. The molecule has 2 aromatic heterocycles. The number of allylic oxidation sites excluding steroid dienone is 4. The van der Waals surface area contributed by atoms with E-state index in [4.69, 9.17) is 15.0 Å². The molecule has 4 heteroatoms. The molecule has 1 unspecified atom stereocenters. The van der Waals surface area contributed by atoms with Gasteiger partial charge < -0.3 is 0 Å². The van der Waals surface area contributed by atoms with Gasteiger partial charge in [-0.15, -0.1) is 0 Å². The molecule has 4 nitrogen and oxygen atoms in total. The first-order valence-electron chi connectivity index (χ1n) is 19.3. The van der Waals surface area contributed by atoms with E-state index in [9.17, 15) is 0 Å². The first-order valence-corrected chi connectivity index (χ1v) is 19.3. The van der Waals surface area contributed by atoms with Crippen molar-refractivity contribution in [3.8, 4) is 67.5 Å². The summed E-state index contributed by atoms with van der Waals surface area (Å²) >= 11 is 0. The van der Waals surface area contributed by atoms with Crippen molar-refractivity contribution in [2.45, 2.75) is 13.3 Å². The van der Waals surface area contributed by atoms with Crippen LogP contribution in [0.25, 0.3) is 95.0 Å². The second kappa shape index (κ2) is 14.2. The van der Waals surface area contributed by atoms with E-state index in [0.717, 1.165) is 62.5 Å². The van der Waals surface area contributed by atoms with Gasteiger partial charge >= 0.3 is 0 Å². The molecule has 1 atom stereocenters. The quantitative estimate of drug-likeness (QED) is 0.165. The molecule has 0 aliphatic heterocycles. The standard InChI is InChI=1S/C52H38N4/c1-35-12-10-18-44(32-35)56-50-21-9-8-20-47(50)55-52(56)42-29-22-36(23-30-42)43-31-26-37-17-11-19-45(46(37)33-43)38-24-27-40(28-25-38)49-34-48(39-13-4-2-5-14-39)53-51(54-49)41-15-6-3-7-16-41/h2-11,13-35H,12H2,1H3. The highest BCUT2D eigenvalue weighted by Crippen LogP contribution is 2.36. The first kappa shape index (κ1) is 33.4. The lowest BCUT2D eigenvalue weighted by atomic mass is 9.94. The van der Waals surface area contributed by atoms with Crippen molar-refractivity contribution >= 4 is 27.5 Å². The van der Waals surface area contributed by atoms with Gasteiger partial charge in [0.15, 0.2) is 5.82 Å².